The lowest BCUT2D eigenvalue weighted by atomic mass is 9.96. The fourth-order valence-corrected chi connectivity index (χ4v) is 4.73. The van der Waals surface area contributed by atoms with Gasteiger partial charge in [-0.3, -0.25) is 15.0 Å². The van der Waals surface area contributed by atoms with Crippen molar-refractivity contribution in [3.63, 3.8) is 0 Å². The lowest BCUT2D eigenvalue weighted by molar-refractivity contribution is -0.384. The van der Waals surface area contributed by atoms with Crippen LogP contribution in [0.25, 0.3) is 4.96 Å². The smallest absolute Gasteiger partial charge is 0.269 e. The second-order valence-electron chi connectivity index (χ2n) is 6.58. The van der Waals surface area contributed by atoms with Gasteiger partial charge in [0, 0.05) is 18.2 Å². The molecule has 2 atom stereocenters. The Morgan fingerprint density at radius 1 is 1.35 bits per heavy atom. The lowest BCUT2D eigenvalue weighted by Gasteiger charge is -2.39. The summed E-state index contributed by atoms with van der Waals surface area (Å²) < 4.78 is 1.44. The molecular formula is C17H19N5O3S. The van der Waals surface area contributed by atoms with Crippen LogP contribution in [0.5, 0.6) is 5.88 Å². The van der Waals surface area contributed by atoms with E-state index in [1.54, 1.807) is 12.1 Å². The van der Waals surface area contributed by atoms with E-state index in [-0.39, 0.29) is 17.6 Å². The second kappa shape index (κ2) is 6.65. The van der Waals surface area contributed by atoms with Crippen LogP contribution >= 0.6 is 11.3 Å². The van der Waals surface area contributed by atoms with Gasteiger partial charge >= 0.3 is 0 Å². The van der Waals surface area contributed by atoms with Crippen molar-refractivity contribution in [3.8, 4) is 5.88 Å². The zero-order valence-electron chi connectivity index (χ0n) is 14.3. The number of hydrogen-bond acceptors (Lipinski definition) is 7. The van der Waals surface area contributed by atoms with Crippen molar-refractivity contribution < 1.29 is 10.0 Å². The van der Waals surface area contributed by atoms with Crippen molar-refractivity contribution in [2.75, 3.05) is 6.54 Å². The van der Waals surface area contributed by atoms with Crippen molar-refractivity contribution in [3.05, 3.63) is 51.1 Å². The van der Waals surface area contributed by atoms with E-state index in [1.807, 2.05) is 0 Å². The molecule has 0 bridgehead atoms. The predicted molar refractivity (Wildman–Crippen MR) is 97.5 cm³/mol. The molecule has 1 aliphatic heterocycles. The Bertz CT molecular complexity index is 936. The quantitative estimate of drug-likeness (QED) is 0.556. The Morgan fingerprint density at radius 3 is 2.77 bits per heavy atom. The molecule has 9 heteroatoms. The van der Waals surface area contributed by atoms with Gasteiger partial charge in [-0.1, -0.05) is 29.9 Å². The number of nitro benzene ring substituents is 1. The molecule has 1 N–H and O–H groups in total. The van der Waals surface area contributed by atoms with Crippen molar-refractivity contribution in [1.29, 1.82) is 0 Å². The van der Waals surface area contributed by atoms with Crippen LogP contribution in [0.15, 0.2) is 30.6 Å². The van der Waals surface area contributed by atoms with Crippen molar-refractivity contribution in [2.24, 2.45) is 0 Å². The molecule has 0 saturated carbocycles. The summed E-state index contributed by atoms with van der Waals surface area (Å²) >= 11 is 1.40. The van der Waals surface area contributed by atoms with Crippen LogP contribution < -0.4 is 0 Å². The molecule has 8 nitrogen and oxygen atoms in total. The van der Waals surface area contributed by atoms with Gasteiger partial charge in [-0.15, -0.1) is 0 Å². The molecular weight excluding hydrogens is 354 g/mol. The number of nitrogens with zero attached hydrogens (tertiary/aromatic N) is 5. The Balaban J connectivity index is 1.82. The van der Waals surface area contributed by atoms with Crippen LogP contribution in [0, 0.1) is 10.1 Å². The number of aromatic hydroxyl groups is 1. The van der Waals surface area contributed by atoms with Gasteiger partial charge < -0.3 is 5.11 Å². The maximum absolute atomic E-state index is 11.0. The second-order valence-corrected chi connectivity index (χ2v) is 7.59. The maximum Gasteiger partial charge on any atom is 0.269 e. The van der Waals surface area contributed by atoms with Crippen LogP contribution in [0.1, 0.15) is 42.7 Å². The first-order chi connectivity index (χ1) is 12.6. The van der Waals surface area contributed by atoms with Gasteiger partial charge in [0.2, 0.25) is 10.8 Å². The number of likely N-dealkylation sites (tertiary alicyclic amines) is 1. The minimum atomic E-state index is -0.400. The van der Waals surface area contributed by atoms with Crippen molar-refractivity contribution in [1.82, 2.24) is 19.5 Å². The van der Waals surface area contributed by atoms with Gasteiger partial charge in [-0.25, -0.2) is 4.98 Å². The maximum atomic E-state index is 11.0. The third kappa shape index (κ3) is 2.82. The standard InChI is InChI=1S/C17H19N5O3S/c1-11-4-2-3-9-20(11)14(12-5-7-13(8-6-12)22(24)25)15-16(23)21-17(26-15)18-10-19-21/h5-8,10-11,14,23H,2-4,9H2,1H3. The number of hydrogen-bond donors (Lipinski definition) is 1. The summed E-state index contributed by atoms with van der Waals surface area (Å²) in [6, 6.07) is 6.76. The number of nitro groups is 1. The molecule has 0 spiro atoms. The fraction of sp³-hybridized carbons (Fsp3) is 0.412. The van der Waals surface area contributed by atoms with E-state index in [1.165, 1.54) is 40.7 Å². The molecule has 0 amide bonds. The SMILES string of the molecule is CC1CCCCN1C(c1ccc([N+](=O)[O-])cc1)c1sc2ncnn2c1O. The van der Waals surface area contributed by atoms with Gasteiger partial charge in [0.05, 0.1) is 15.8 Å². The van der Waals surface area contributed by atoms with Gasteiger partial charge in [0.25, 0.3) is 5.69 Å². The molecule has 4 rings (SSSR count). The van der Waals surface area contributed by atoms with E-state index >= 15 is 0 Å². The number of aromatic nitrogens is 3. The zero-order chi connectivity index (χ0) is 18.3. The van der Waals surface area contributed by atoms with Gasteiger partial charge in [0.1, 0.15) is 6.33 Å². The molecule has 0 radical (unpaired) electrons. The number of non-ortho nitro benzene ring substituents is 1. The van der Waals surface area contributed by atoms with Crippen LogP contribution in [-0.2, 0) is 0 Å². The molecule has 136 valence electrons. The average Bonchev–Trinajstić information content (AvgIpc) is 3.21. The Morgan fingerprint density at radius 2 is 2.12 bits per heavy atom. The minimum Gasteiger partial charge on any atom is -0.492 e. The van der Waals surface area contributed by atoms with Crippen LogP contribution in [0.2, 0.25) is 0 Å². The molecule has 3 aromatic rings. The third-order valence-corrected chi connectivity index (χ3v) is 6.08. The highest BCUT2D eigenvalue weighted by Gasteiger charge is 2.33. The van der Waals surface area contributed by atoms with E-state index < -0.39 is 4.92 Å². The number of benzene rings is 1. The molecule has 2 unspecified atom stereocenters. The zero-order valence-corrected chi connectivity index (χ0v) is 15.1. The first-order valence-corrected chi connectivity index (χ1v) is 9.39. The molecule has 3 heterocycles. The number of rotatable bonds is 4. The molecule has 1 aromatic carbocycles. The van der Waals surface area contributed by atoms with E-state index in [0.717, 1.165) is 29.8 Å². The number of thiazole rings is 1. The first kappa shape index (κ1) is 16.9. The van der Waals surface area contributed by atoms with Crippen LogP contribution in [0.3, 0.4) is 0 Å². The number of fused-ring (bicyclic) bond motifs is 1. The summed E-state index contributed by atoms with van der Waals surface area (Å²) in [5.74, 6) is 0.0867. The highest BCUT2D eigenvalue weighted by Crippen LogP contribution is 2.42. The van der Waals surface area contributed by atoms with Crippen molar-refractivity contribution in [2.45, 2.75) is 38.3 Å². The summed E-state index contributed by atoms with van der Waals surface area (Å²) in [5, 5.41) is 25.8. The summed E-state index contributed by atoms with van der Waals surface area (Å²) in [4.78, 5) is 18.5. The topological polar surface area (TPSA) is 96.8 Å². The van der Waals surface area contributed by atoms with Gasteiger partial charge in [-0.05, 0) is 31.9 Å². The van der Waals surface area contributed by atoms with E-state index in [4.69, 9.17) is 0 Å². The summed E-state index contributed by atoms with van der Waals surface area (Å²) in [6.45, 7) is 3.10. The third-order valence-electron chi connectivity index (χ3n) is 4.99. The van der Waals surface area contributed by atoms with Crippen LogP contribution in [0.4, 0.5) is 5.69 Å². The molecule has 0 aliphatic carbocycles. The summed E-state index contributed by atoms with van der Waals surface area (Å²) in [6.07, 6.45) is 4.78. The van der Waals surface area contributed by atoms with E-state index in [9.17, 15) is 15.2 Å². The molecule has 1 aliphatic rings. The predicted octanol–water partition coefficient (Wildman–Crippen LogP) is 3.37. The Kier molecular flexibility index (Phi) is 4.33. The van der Waals surface area contributed by atoms with Gasteiger partial charge in [0.15, 0.2) is 0 Å². The molecule has 1 saturated heterocycles. The Hall–Kier alpha value is -2.52. The minimum absolute atomic E-state index is 0.0612. The fourth-order valence-electron chi connectivity index (χ4n) is 3.65. The normalized spacial score (nSPS) is 19.7. The molecule has 2 aromatic heterocycles. The molecule has 26 heavy (non-hydrogen) atoms. The summed E-state index contributed by atoms with van der Waals surface area (Å²) in [5.41, 5.74) is 0.982. The van der Waals surface area contributed by atoms with Crippen molar-refractivity contribution >= 4 is 22.0 Å². The average molecular weight is 373 g/mol. The van der Waals surface area contributed by atoms with Crippen LogP contribution in [-0.4, -0.2) is 42.1 Å². The Labute approximate surface area is 153 Å². The van der Waals surface area contributed by atoms with E-state index in [0.29, 0.717) is 11.0 Å². The lowest BCUT2D eigenvalue weighted by Crippen LogP contribution is -2.40. The highest BCUT2D eigenvalue weighted by molar-refractivity contribution is 7.17. The largest absolute Gasteiger partial charge is 0.492 e. The number of piperidine rings is 1. The summed E-state index contributed by atoms with van der Waals surface area (Å²) in [7, 11) is 0. The van der Waals surface area contributed by atoms with E-state index in [2.05, 4.69) is 21.9 Å². The highest BCUT2D eigenvalue weighted by atomic mass is 32.1. The first-order valence-electron chi connectivity index (χ1n) is 8.57. The molecule has 1 fully saturated rings. The monoisotopic (exact) mass is 373 g/mol. The van der Waals surface area contributed by atoms with Gasteiger partial charge in [-0.2, -0.15) is 9.61 Å².